The summed E-state index contributed by atoms with van der Waals surface area (Å²) in [7, 11) is 0. The third-order valence-corrected chi connectivity index (χ3v) is 5.43. The van der Waals surface area contributed by atoms with Crippen LogP contribution in [0, 0.1) is 5.92 Å². The third kappa shape index (κ3) is 4.56. The van der Waals surface area contributed by atoms with Crippen LogP contribution in [0.3, 0.4) is 0 Å². The lowest BCUT2D eigenvalue weighted by molar-refractivity contribution is 0.0899. The molecule has 24 heavy (non-hydrogen) atoms. The molecular formula is C18H23ClN2O2S. The minimum absolute atomic E-state index is 0. The zero-order valence-electron chi connectivity index (χ0n) is 13.4. The van der Waals surface area contributed by atoms with Crippen molar-refractivity contribution in [2.45, 2.75) is 36.0 Å². The molecule has 2 atom stereocenters. The third-order valence-electron chi connectivity index (χ3n) is 4.37. The maximum atomic E-state index is 12.5. The molecule has 1 saturated carbocycles. The number of hydrogen-bond acceptors (Lipinski definition) is 4. The number of nitrogens with one attached hydrogen (secondary N) is 1. The minimum atomic E-state index is -0.121. The van der Waals surface area contributed by atoms with Crippen molar-refractivity contribution >= 4 is 30.1 Å². The summed E-state index contributed by atoms with van der Waals surface area (Å²) in [4.78, 5) is 13.7. The van der Waals surface area contributed by atoms with E-state index in [1.165, 1.54) is 4.90 Å². The normalized spacial score (nSPS) is 19.7. The Kier molecular flexibility index (Phi) is 7.21. The van der Waals surface area contributed by atoms with E-state index in [9.17, 15) is 4.79 Å². The van der Waals surface area contributed by atoms with Gasteiger partial charge in [-0.05, 0) is 43.5 Å². The molecule has 6 heteroatoms. The summed E-state index contributed by atoms with van der Waals surface area (Å²) in [5.74, 6) is 1.41. The molecule has 0 aliphatic heterocycles. The van der Waals surface area contributed by atoms with Crippen LogP contribution in [0.1, 0.15) is 35.4 Å². The zero-order chi connectivity index (χ0) is 16.1. The second-order valence-corrected chi connectivity index (χ2v) is 6.93. The van der Waals surface area contributed by atoms with E-state index in [4.69, 9.17) is 10.2 Å². The van der Waals surface area contributed by atoms with Crippen LogP contribution >= 0.6 is 24.2 Å². The maximum absolute atomic E-state index is 12.5. The topological polar surface area (TPSA) is 68.3 Å². The van der Waals surface area contributed by atoms with Gasteiger partial charge in [-0.25, -0.2) is 0 Å². The monoisotopic (exact) mass is 366 g/mol. The van der Waals surface area contributed by atoms with Crippen molar-refractivity contribution < 1.29 is 9.21 Å². The molecule has 4 nitrogen and oxygen atoms in total. The van der Waals surface area contributed by atoms with Crippen LogP contribution in [0.4, 0.5) is 0 Å². The Morgan fingerprint density at radius 3 is 2.79 bits per heavy atom. The van der Waals surface area contributed by atoms with Crippen molar-refractivity contribution in [2.24, 2.45) is 11.7 Å². The Morgan fingerprint density at radius 2 is 2.04 bits per heavy atom. The van der Waals surface area contributed by atoms with Gasteiger partial charge in [0.15, 0.2) is 5.76 Å². The van der Waals surface area contributed by atoms with E-state index < -0.39 is 0 Å². The van der Waals surface area contributed by atoms with Crippen LogP contribution in [0.15, 0.2) is 52.0 Å². The van der Waals surface area contributed by atoms with Gasteiger partial charge in [-0.2, -0.15) is 0 Å². The van der Waals surface area contributed by atoms with Gasteiger partial charge in [0.1, 0.15) is 0 Å². The molecule has 1 aromatic heterocycles. The number of rotatable bonds is 6. The number of benzene rings is 1. The van der Waals surface area contributed by atoms with Crippen molar-refractivity contribution in [3.8, 4) is 0 Å². The van der Waals surface area contributed by atoms with Gasteiger partial charge in [0, 0.05) is 22.3 Å². The Bertz CT molecular complexity index is 647. The van der Waals surface area contributed by atoms with Crippen LogP contribution in [0.25, 0.3) is 0 Å². The number of nitrogens with two attached hydrogens (primary N) is 1. The van der Waals surface area contributed by atoms with Crippen molar-refractivity contribution in [3.63, 3.8) is 0 Å². The zero-order valence-corrected chi connectivity index (χ0v) is 15.1. The van der Waals surface area contributed by atoms with E-state index in [2.05, 4.69) is 17.4 Å². The van der Waals surface area contributed by atoms with Gasteiger partial charge in [0.05, 0.1) is 6.26 Å². The summed E-state index contributed by atoms with van der Waals surface area (Å²) in [5.41, 5.74) is 6.71. The number of carbonyl (C=O) groups is 1. The average Bonchev–Trinajstić information content (AvgIpc) is 3.22. The molecule has 1 heterocycles. The lowest BCUT2D eigenvalue weighted by Gasteiger charge is -2.19. The van der Waals surface area contributed by atoms with Crippen molar-refractivity contribution in [3.05, 3.63) is 54.0 Å². The molecule has 0 saturated heterocycles. The lowest BCUT2D eigenvalue weighted by Crippen LogP contribution is -2.40. The van der Waals surface area contributed by atoms with Gasteiger partial charge in [-0.15, -0.1) is 24.2 Å². The highest BCUT2D eigenvalue weighted by Gasteiger charge is 2.29. The maximum Gasteiger partial charge on any atom is 0.287 e. The summed E-state index contributed by atoms with van der Waals surface area (Å²) >= 11 is 1.70. The SMILES string of the molecule is Cl.NCC1CCCC1NC(=O)c1occc1CSc1ccccc1. The summed E-state index contributed by atoms with van der Waals surface area (Å²) in [5, 5.41) is 3.10. The van der Waals surface area contributed by atoms with E-state index in [0.717, 1.165) is 24.8 Å². The predicted molar refractivity (Wildman–Crippen MR) is 99.6 cm³/mol. The van der Waals surface area contributed by atoms with Crippen LogP contribution in [-0.4, -0.2) is 18.5 Å². The van der Waals surface area contributed by atoms with Crippen molar-refractivity contribution in [1.29, 1.82) is 0 Å². The molecule has 0 spiro atoms. The van der Waals surface area contributed by atoms with Gasteiger partial charge < -0.3 is 15.5 Å². The van der Waals surface area contributed by atoms with E-state index in [1.54, 1.807) is 18.0 Å². The highest BCUT2D eigenvalue weighted by Crippen LogP contribution is 2.27. The first kappa shape index (κ1) is 18.9. The number of hydrogen-bond donors (Lipinski definition) is 2. The highest BCUT2D eigenvalue weighted by atomic mass is 35.5. The standard InChI is InChI=1S/C18H22N2O2S.ClH/c19-11-13-5-4-8-16(13)20-18(21)17-14(9-10-22-17)12-23-15-6-2-1-3-7-15;/h1-3,6-7,9-10,13,16H,4-5,8,11-12,19H2,(H,20,21);1H. The van der Waals surface area contributed by atoms with Gasteiger partial charge >= 0.3 is 0 Å². The van der Waals surface area contributed by atoms with E-state index in [-0.39, 0.29) is 24.4 Å². The molecule has 1 aliphatic rings. The highest BCUT2D eigenvalue weighted by molar-refractivity contribution is 7.98. The molecule has 1 aromatic carbocycles. The number of furan rings is 1. The number of carbonyl (C=O) groups excluding carboxylic acids is 1. The van der Waals surface area contributed by atoms with Gasteiger partial charge in [0.2, 0.25) is 0 Å². The summed E-state index contributed by atoms with van der Waals surface area (Å²) in [6.45, 7) is 0.625. The molecule has 0 radical (unpaired) electrons. The smallest absolute Gasteiger partial charge is 0.287 e. The first-order valence-corrected chi connectivity index (χ1v) is 9.01. The fourth-order valence-electron chi connectivity index (χ4n) is 3.07. The Morgan fingerprint density at radius 1 is 1.25 bits per heavy atom. The van der Waals surface area contributed by atoms with Crippen LogP contribution < -0.4 is 11.1 Å². The number of halogens is 1. The Balaban J connectivity index is 0.00000208. The number of thioether (sulfide) groups is 1. The minimum Gasteiger partial charge on any atom is -0.459 e. The summed E-state index contributed by atoms with van der Waals surface area (Å²) in [6, 6.07) is 12.2. The fourth-order valence-corrected chi connectivity index (χ4v) is 3.97. The van der Waals surface area contributed by atoms with Crippen LogP contribution in [0.5, 0.6) is 0 Å². The predicted octanol–water partition coefficient (Wildman–Crippen LogP) is 3.85. The molecule has 1 fully saturated rings. The van der Waals surface area contributed by atoms with E-state index >= 15 is 0 Å². The van der Waals surface area contributed by atoms with Gasteiger partial charge in [-0.1, -0.05) is 24.6 Å². The van der Waals surface area contributed by atoms with Gasteiger partial charge in [-0.3, -0.25) is 4.79 Å². The molecule has 1 aliphatic carbocycles. The largest absolute Gasteiger partial charge is 0.459 e. The molecule has 1 amide bonds. The molecule has 2 unspecified atom stereocenters. The summed E-state index contributed by atoms with van der Waals surface area (Å²) in [6.07, 6.45) is 4.81. The average molecular weight is 367 g/mol. The van der Waals surface area contributed by atoms with Crippen molar-refractivity contribution in [2.75, 3.05) is 6.54 Å². The van der Waals surface area contributed by atoms with E-state index in [0.29, 0.717) is 24.0 Å². The van der Waals surface area contributed by atoms with Crippen molar-refractivity contribution in [1.82, 2.24) is 5.32 Å². The Labute approximate surface area is 153 Å². The van der Waals surface area contributed by atoms with Crippen LogP contribution in [0.2, 0.25) is 0 Å². The molecular weight excluding hydrogens is 344 g/mol. The molecule has 130 valence electrons. The molecule has 2 aromatic rings. The number of amides is 1. The van der Waals surface area contributed by atoms with E-state index in [1.807, 2.05) is 24.3 Å². The lowest BCUT2D eigenvalue weighted by atomic mass is 10.0. The first-order chi connectivity index (χ1) is 11.3. The Hall–Kier alpha value is -1.43. The second-order valence-electron chi connectivity index (χ2n) is 5.88. The molecule has 3 N–H and O–H groups in total. The quantitative estimate of drug-likeness (QED) is 0.762. The van der Waals surface area contributed by atoms with Gasteiger partial charge in [0.25, 0.3) is 5.91 Å². The molecule has 0 bridgehead atoms. The summed E-state index contributed by atoms with van der Waals surface area (Å²) < 4.78 is 5.44. The van der Waals surface area contributed by atoms with Crippen LogP contribution in [-0.2, 0) is 5.75 Å². The molecule has 3 rings (SSSR count). The second kappa shape index (κ2) is 9.16. The fraction of sp³-hybridized carbons (Fsp3) is 0.389. The first-order valence-electron chi connectivity index (χ1n) is 8.03.